The number of hydrogen-bond donors (Lipinski definition) is 1. The van der Waals surface area contributed by atoms with E-state index in [0.717, 1.165) is 16.8 Å². The van der Waals surface area contributed by atoms with Crippen LogP contribution in [0.2, 0.25) is 0 Å². The molecule has 0 unspecified atom stereocenters. The molecule has 1 amide bonds. The smallest absolute Gasteiger partial charge is 0.251 e. The monoisotopic (exact) mass is 401 g/mol. The van der Waals surface area contributed by atoms with Crippen LogP contribution in [-0.2, 0) is 17.4 Å². The molecule has 4 nitrogen and oxygen atoms in total. The number of carbonyl (C=O) groups excluding carboxylic acids is 1. The minimum Gasteiger partial charge on any atom is -0.348 e. The Balaban J connectivity index is 1.81. The largest absolute Gasteiger partial charge is 0.348 e. The van der Waals surface area contributed by atoms with Crippen molar-refractivity contribution in [3.63, 3.8) is 0 Å². The fraction of sp³-hybridized carbons (Fsp3) is 0.346. The molecule has 2 aromatic heterocycles. The summed E-state index contributed by atoms with van der Waals surface area (Å²) < 4.78 is 0. The summed E-state index contributed by atoms with van der Waals surface area (Å²) in [5.41, 5.74) is 5.87. The fourth-order valence-electron chi connectivity index (χ4n) is 3.17. The van der Waals surface area contributed by atoms with E-state index in [1.165, 1.54) is 11.1 Å². The maximum Gasteiger partial charge on any atom is 0.251 e. The molecule has 1 N–H and O–H groups in total. The first-order valence-corrected chi connectivity index (χ1v) is 10.3. The normalized spacial score (nSPS) is 11.9. The fourth-order valence-corrected chi connectivity index (χ4v) is 3.17. The van der Waals surface area contributed by atoms with Gasteiger partial charge < -0.3 is 5.32 Å². The van der Waals surface area contributed by atoms with Crippen LogP contribution in [0.4, 0.5) is 0 Å². The Bertz CT molecular complexity index is 996. The lowest BCUT2D eigenvalue weighted by Gasteiger charge is -2.26. The van der Waals surface area contributed by atoms with E-state index in [4.69, 9.17) is 0 Å². The van der Waals surface area contributed by atoms with Crippen molar-refractivity contribution in [3.8, 4) is 11.3 Å². The molecule has 3 aromatic rings. The van der Waals surface area contributed by atoms with Crippen LogP contribution < -0.4 is 5.32 Å². The highest BCUT2D eigenvalue weighted by Gasteiger charge is 2.22. The van der Waals surface area contributed by atoms with Gasteiger partial charge in [0.15, 0.2) is 0 Å². The van der Waals surface area contributed by atoms with Crippen LogP contribution in [0.1, 0.15) is 68.6 Å². The molecule has 0 aliphatic rings. The zero-order valence-electron chi connectivity index (χ0n) is 18.8. The highest BCUT2D eigenvalue weighted by atomic mass is 16.1. The first kappa shape index (κ1) is 21.7. The maximum atomic E-state index is 13.0. The molecule has 3 rings (SSSR count). The molecule has 0 radical (unpaired) electrons. The standard InChI is InChI=1S/C26H31N3O/c1-25(2,3)21-14-20(15-22(16-21)26(4,5)6)24(30)29-17-18-7-12-28-23(13-18)19-8-10-27-11-9-19/h7-16H,17H2,1-6H3,(H,29,30). The van der Waals surface area contributed by atoms with E-state index < -0.39 is 0 Å². The number of benzene rings is 1. The molecule has 0 saturated heterocycles. The van der Waals surface area contributed by atoms with Gasteiger partial charge in [-0.3, -0.25) is 14.8 Å². The van der Waals surface area contributed by atoms with Crippen LogP contribution in [0.5, 0.6) is 0 Å². The summed E-state index contributed by atoms with van der Waals surface area (Å²) in [6.45, 7) is 13.5. The van der Waals surface area contributed by atoms with Crippen molar-refractivity contribution >= 4 is 5.91 Å². The quantitative estimate of drug-likeness (QED) is 0.613. The summed E-state index contributed by atoms with van der Waals surface area (Å²) in [6, 6.07) is 14.0. The van der Waals surface area contributed by atoms with Crippen LogP contribution >= 0.6 is 0 Å². The van der Waals surface area contributed by atoms with Crippen molar-refractivity contribution in [3.05, 3.63) is 83.3 Å². The van der Waals surface area contributed by atoms with Crippen molar-refractivity contribution < 1.29 is 4.79 Å². The Hall–Kier alpha value is -3.01. The van der Waals surface area contributed by atoms with Gasteiger partial charge in [-0.25, -0.2) is 0 Å². The molecule has 0 spiro atoms. The second kappa shape index (κ2) is 8.39. The first-order chi connectivity index (χ1) is 14.0. The number of nitrogens with zero attached hydrogens (tertiary/aromatic N) is 2. The predicted molar refractivity (Wildman–Crippen MR) is 122 cm³/mol. The number of rotatable bonds is 4. The second-order valence-electron chi connectivity index (χ2n) is 9.77. The lowest BCUT2D eigenvalue weighted by Crippen LogP contribution is -2.25. The minimum atomic E-state index is -0.0612. The van der Waals surface area contributed by atoms with Gasteiger partial charge in [0, 0.05) is 36.3 Å². The molecule has 30 heavy (non-hydrogen) atoms. The summed E-state index contributed by atoms with van der Waals surface area (Å²) in [7, 11) is 0. The van der Waals surface area contributed by atoms with Crippen molar-refractivity contribution in [1.29, 1.82) is 0 Å². The van der Waals surface area contributed by atoms with Gasteiger partial charge in [-0.05, 0) is 63.9 Å². The molecule has 4 heteroatoms. The lowest BCUT2D eigenvalue weighted by atomic mass is 9.79. The summed E-state index contributed by atoms with van der Waals surface area (Å²) >= 11 is 0. The zero-order valence-corrected chi connectivity index (χ0v) is 18.8. The van der Waals surface area contributed by atoms with Crippen LogP contribution in [-0.4, -0.2) is 15.9 Å². The van der Waals surface area contributed by atoms with E-state index in [-0.39, 0.29) is 16.7 Å². The maximum absolute atomic E-state index is 13.0. The van der Waals surface area contributed by atoms with Gasteiger partial charge in [-0.15, -0.1) is 0 Å². The molecular weight excluding hydrogens is 370 g/mol. The topological polar surface area (TPSA) is 54.9 Å². The van der Waals surface area contributed by atoms with E-state index in [2.05, 4.69) is 62.9 Å². The molecule has 2 heterocycles. The van der Waals surface area contributed by atoms with Crippen LogP contribution in [0.25, 0.3) is 11.3 Å². The third kappa shape index (κ3) is 5.32. The number of carbonyl (C=O) groups is 1. The average Bonchev–Trinajstić information content (AvgIpc) is 2.71. The summed E-state index contributed by atoms with van der Waals surface area (Å²) in [6.07, 6.45) is 5.27. The Morgan fingerprint density at radius 2 is 1.43 bits per heavy atom. The SMILES string of the molecule is CC(C)(C)c1cc(C(=O)NCc2ccnc(-c3ccncc3)c2)cc(C(C)(C)C)c1. The van der Waals surface area contributed by atoms with E-state index in [1.807, 2.05) is 36.4 Å². The van der Waals surface area contributed by atoms with Crippen molar-refractivity contribution in [1.82, 2.24) is 15.3 Å². The molecule has 0 bridgehead atoms. The summed E-state index contributed by atoms with van der Waals surface area (Å²) in [5, 5.41) is 3.07. The van der Waals surface area contributed by atoms with Crippen molar-refractivity contribution in [2.24, 2.45) is 0 Å². The van der Waals surface area contributed by atoms with Crippen LogP contribution in [0.3, 0.4) is 0 Å². The highest BCUT2D eigenvalue weighted by molar-refractivity contribution is 5.94. The number of hydrogen-bond acceptors (Lipinski definition) is 3. The molecule has 1 aromatic carbocycles. The first-order valence-electron chi connectivity index (χ1n) is 10.3. The average molecular weight is 402 g/mol. The molecule has 156 valence electrons. The molecule has 0 saturated carbocycles. The number of nitrogens with one attached hydrogen (secondary N) is 1. The number of amides is 1. The third-order valence-electron chi connectivity index (χ3n) is 5.18. The Morgan fingerprint density at radius 3 is 2.00 bits per heavy atom. The van der Waals surface area contributed by atoms with Gasteiger partial charge in [0.05, 0.1) is 5.69 Å². The summed E-state index contributed by atoms with van der Waals surface area (Å²) in [4.78, 5) is 21.5. The number of pyridine rings is 2. The second-order valence-corrected chi connectivity index (χ2v) is 9.77. The molecule has 0 aliphatic carbocycles. The molecule has 0 atom stereocenters. The van der Waals surface area contributed by atoms with E-state index in [0.29, 0.717) is 12.1 Å². The van der Waals surface area contributed by atoms with Gasteiger partial charge in [-0.2, -0.15) is 0 Å². The molecule has 0 fully saturated rings. The van der Waals surface area contributed by atoms with Gasteiger partial charge in [0.2, 0.25) is 0 Å². The Morgan fingerprint density at radius 1 is 0.833 bits per heavy atom. The van der Waals surface area contributed by atoms with Crippen molar-refractivity contribution in [2.45, 2.75) is 58.9 Å². The zero-order chi connectivity index (χ0) is 21.9. The minimum absolute atomic E-state index is 0.0270. The van der Waals surface area contributed by atoms with E-state index in [9.17, 15) is 4.79 Å². The van der Waals surface area contributed by atoms with Gasteiger partial charge in [0.1, 0.15) is 0 Å². The lowest BCUT2D eigenvalue weighted by molar-refractivity contribution is 0.0950. The van der Waals surface area contributed by atoms with Gasteiger partial charge in [0.25, 0.3) is 5.91 Å². The van der Waals surface area contributed by atoms with Crippen LogP contribution in [0.15, 0.2) is 61.1 Å². The summed E-state index contributed by atoms with van der Waals surface area (Å²) in [5.74, 6) is -0.0612. The van der Waals surface area contributed by atoms with E-state index in [1.54, 1.807) is 18.6 Å². The van der Waals surface area contributed by atoms with E-state index >= 15 is 0 Å². The molecular formula is C26H31N3O. The highest BCUT2D eigenvalue weighted by Crippen LogP contribution is 2.30. The number of aromatic nitrogens is 2. The Labute approximate surface area is 179 Å². The van der Waals surface area contributed by atoms with Crippen molar-refractivity contribution in [2.75, 3.05) is 0 Å². The van der Waals surface area contributed by atoms with Crippen LogP contribution in [0, 0.1) is 0 Å². The Kier molecular flexibility index (Phi) is 6.06. The molecule has 0 aliphatic heterocycles. The third-order valence-corrected chi connectivity index (χ3v) is 5.18. The predicted octanol–water partition coefficient (Wildman–Crippen LogP) is 5.67. The van der Waals surface area contributed by atoms with Gasteiger partial charge in [-0.1, -0.05) is 47.6 Å². The van der Waals surface area contributed by atoms with Gasteiger partial charge >= 0.3 is 0 Å².